The summed E-state index contributed by atoms with van der Waals surface area (Å²) >= 11 is 2.16. The molecule has 1 N–H and O–H groups in total. The molecule has 0 fully saturated rings. The molecule has 1 heterocycles. The first kappa shape index (κ1) is 18.9. The van der Waals surface area contributed by atoms with E-state index >= 15 is 0 Å². The van der Waals surface area contributed by atoms with E-state index in [1.54, 1.807) is 0 Å². The number of allylic oxidation sites excluding steroid dienone is 1. The molecule has 1 aromatic rings. The summed E-state index contributed by atoms with van der Waals surface area (Å²) < 4.78 is 11.5. The van der Waals surface area contributed by atoms with Crippen molar-refractivity contribution in [3.63, 3.8) is 0 Å². The monoisotopic (exact) mass is 448 g/mol. The highest BCUT2D eigenvalue weighted by molar-refractivity contribution is 14.2. The van der Waals surface area contributed by atoms with Crippen LogP contribution in [0.15, 0.2) is 35.5 Å². The predicted octanol–water partition coefficient (Wildman–Crippen LogP) is 4.86. The van der Waals surface area contributed by atoms with Crippen molar-refractivity contribution in [1.29, 1.82) is 0 Å². The lowest BCUT2D eigenvalue weighted by Gasteiger charge is -2.25. The first-order valence-corrected chi connectivity index (χ1v) is 11.2. The molecule has 23 heavy (non-hydrogen) atoms. The summed E-state index contributed by atoms with van der Waals surface area (Å²) in [7, 11) is 1.36. The zero-order valence-electron chi connectivity index (χ0n) is 14.3. The predicted molar refractivity (Wildman–Crippen MR) is 105 cm³/mol. The molecular weight excluding hydrogens is 423 g/mol. The van der Waals surface area contributed by atoms with Gasteiger partial charge in [0.1, 0.15) is 5.75 Å². The van der Waals surface area contributed by atoms with Crippen LogP contribution in [0.3, 0.4) is 0 Å². The largest absolute Gasteiger partial charge is 0.491 e. The van der Waals surface area contributed by atoms with Crippen LogP contribution in [0.2, 0.25) is 0 Å². The molecule has 1 aliphatic rings. The second-order valence-electron chi connectivity index (χ2n) is 6.23. The fourth-order valence-corrected chi connectivity index (χ4v) is 3.55. The Labute approximate surface area is 155 Å². The van der Waals surface area contributed by atoms with Crippen LogP contribution in [0.1, 0.15) is 40.2 Å². The number of hydrogen-bond acceptors (Lipinski definition) is 5. The number of hydrogen-bond donors (Lipinski definition) is 1. The Kier molecular flexibility index (Phi) is 7.06. The molecule has 1 unspecified atom stereocenters. The number of nitrogens with zero attached hydrogens (tertiary/aromatic N) is 1. The van der Waals surface area contributed by atoms with Gasteiger partial charge in [-0.25, -0.2) is 5.43 Å². The first-order chi connectivity index (χ1) is 10.9. The van der Waals surface area contributed by atoms with E-state index in [1.165, 1.54) is 26.0 Å². The van der Waals surface area contributed by atoms with Gasteiger partial charge < -0.3 is 9.75 Å². The van der Waals surface area contributed by atoms with Gasteiger partial charge in [0.05, 0.1) is 15.3 Å². The second-order valence-corrected chi connectivity index (χ2v) is 7.63. The SMILES string of the molecule is CC1=C(Cc2ccc(OC(C)C)cc2)C(OSI)NN1C(C)C. The molecule has 1 atom stereocenters. The van der Waals surface area contributed by atoms with Crippen LogP contribution in [0.5, 0.6) is 5.75 Å². The van der Waals surface area contributed by atoms with Crippen molar-refractivity contribution >= 4 is 30.4 Å². The smallest absolute Gasteiger partial charge is 0.164 e. The fourth-order valence-electron chi connectivity index (χ4n) is 2.70. The average Bonchev–Trinajstić information content (AvgIpc) is 2.78. The molecule has 0 saturated heterocycles. The molecule has 4 nitrogen and oxygen atoms in total. The molecular formula is C17H25IN2O2S. The Morgan fingerprint density at radius 2 is 1.87 bits per heavy atom. The van der Waals surface area contributed by atoms with E-state index in [0.29, 0.717) is 6.04 Å². The standard InChI is InChI=1S/C17H25IN2O2S/c1-11(2)20-13(5)16(17(19-20)22-23-18)10-14-6-8-15(9-7-14)21-12(3)4/h6-9,11-12,17,19H,10H2,1-5H3. The second kappa shape index (κ2) is 8.60. The maximum atomic E-state index is 5.78. The van der Waals surface area contributed by atoms with Crippen molar-refractivity contribution in [2.75, 3.05) is 0 Å². The Morgan fingerprint density at radius 1 is 1.22 bits per heavy atom. The van der Waals surface area contributed by atoms with Crippen LogP contribution in [0.25, 0.3) is 0 Å². The van der Waals surface area contributed by atoms with Gasteiger partial charge in [-0.15, -0.1) is 0 Å². The summed E-state index contributed by atoms with van der Waals surface area (Å²) in [6.45, 7) is 10.6. The van der Waals surface area contributed by atoms with E-state index in [-0.39, 0.29) is 12.3 Å². The van der Waals surface area contributed by atoms with Crippen LogP contribution in [-0.4, -0.2) is 23.4 Å². The summed E-state index contributed by atoms with van der Waals surface area (Å²) in [6.07, 6.45) is 0.986. The molecule has 1 aliphatic heterocycles. The normalized spacial score (nSPS) is 18.4. The van der Waals surface area contributed by atoms with E-state index in [2.05, 4.69) is 64.5 Å². The minimum atomic E-state index is -0.0779. The van der Waals surface area contributed by atoms with Crippen LogP contribution in [0, 0.1) is 0 Å². The number of halogens is 1. The van der Waals surface area contributed by atoms with E-state index in [0.717, 1.165) is 12.2 Å². The zero-order chi connectivity index (χ0) is 17.0. The minimum Gasteiger partial charge on any atom is -0.491 e. The van der Waals surface area contributed by atoms with Gasteiger partial charge >= 0.3 is 0 Å². The van der Waals surface area contributed by atoms with E-state index in [4.69, 9.17) is 8.92 Å². The maximum absolute atomic E-state index is 5.78. The van der Waals surface area contributed by atoms with Crippen molar-refractivity contribution in [3.8, 4) is 5.75 Å². The lowest BCUT2D eigenvalue weighted by atomic mass is 10.0. The quantitative estimate of drug-likeness (QED) is 0.476. The highest BCUT2D eigenvalue weighted by Crippen LogP contribution is 2.30. The summed E-state index contributed by atoms with van der Waals surface area (Å²) in [5, 5.41) is 2.18. The summed E-state index contributed by atoms with van der Waals surface area (Å²) in [6, 6.07) is 8.72. The van der Waals surface area contributed by atoms with Crippen molar-refractivity contribution in [3.05, 3.63) is 41.1 Å². The molecule has 0 aromatic heterocycles. The Hall–Kier alpha value is -0.440. The number of ether oxygens (including phenoxy) is 1. The van der Waals surface area contributed by atoms with Crippen LogP contribution >= 0.6 is 30.4 Å². The number of hydrazine groups is 1. The molecule has 0 radical (unpaired) electrons. The van der Waals surface area contributed by atoms with Crippen molar-refractivity contribution in [1.82, 2.24) is 10.4 Å². The highest BCUT2D eigenvalue weighted by Gasteiger charge is 2.31. The topological polar surface area (TPSA) is 33.7 Å². The summed E-state index contributed by atoms with van der Waals surface area (Å²) in [5.74, 6) is 0.915. The third-order valence-corrected chi connectivity index (χ3v) is 4.63. The summed E-state index contributed by atoms with van der Waals surface area (Å²) in [5.41, 5.74) is 7.22. The third-order valence-electron chi connectivity index (χ3n) is 3.74. The lowest BCUT2D eigenvalue weighted by Crippen LogP contribution is -2.41. The lowest BCUT2D eigenvalue weighted by molar-refractivity contribution is 0.127. The number of benzene rings is 1. The molecule has 6 heteroatoms. The molecule has 1 aromatic carbocycles. The fraction of sp³-hybridized carbons (Fsp3) is 0.529. The minimum absolute atomic E-state index is 0.0779. The Morgan fingerprint density at radius 3 is 2.39 bits per heavy atom. The van der Waals surface area contributed by atoms with Gasteiger partial charge in [0.2, 0.25) is 0 Å². The first-order valence-electron chi connectivity index (χ1n) is 7.87. The van der Waals surface area contributed by atoms with Crippen molar-refractivity contribution in [2.24, 2.45) is 0 Å². The molecule has 0 aliphatic carbocycles. The van der Waals surface area contributed by atoms with Gasteiger partial charge in [0, 0.05) is 38.5 Å². The maximum Gasteiger partial charge on any atom is 0.164 e. The molecule has 0 bridgehead atoms. The van der Waals surface area contributed by atoms with E-state index < -0.39 is 0 Å². The van der Waals surface area contributed by atoms with Gasteiger partial charge in [-0.05, 0) is 58.7 Å². The van der Waals surface area contributed by atoms with Crippen molar-refractivity contribution in [2.45, 2.75) is 59.4 Å². The van der Waals surface area contributed by atoms with Gasteiger partial charge in [0.15, 0.2) is 6.23 Å². The number of nitrogens with one attached hydrogen (secondary N) is 1. The van der Waals surface area contributed by atoms with Gasteiger partial charge in [-0.2, -0.15) is 0 Å². The molecule has 0 spiro atoms. The summed E-state index contributed by atoms with van der Waals surface area (Å²) in [4.78, 5) is 0. The number of rotatable bonds is 7. The molecule has 0 saturated carbocycles. The Balaban J connectivity index is 2.14. The van der Waals surface area contributed by atoms with Crippen molar-refractivity contribution < 1.29 is 8.92 Å². The van der Waals surface area contributed by atoms with E-state index in [1.807, 2.05) is 26.0 Å². The third kappa shape index (κ3) is 5.01. The van der Waals surface area contributed by atoms with Crippen LogP contribution in [0.4, 0.5) is 0 Å². The highest BCUT2D eigenvalue weighted by atomic mass is 127. The van der Waals surface area contributed by atoms with Gasteiger partial charge in [-0.3, -0.25) is 4.18 Å². The zero-order valence-corrected chi connectivity index (χ0v) is 17.3. The Bertz CT molecular complexity index is 546. The molecule has 128 valence electrons. The van der Waals surface area contributed by atoms with Crippen LogP contribution < -0.4 is 10.2 Å². The van der Waals surface area contributed by atoms with E-state index in [9.17, 15) is 0 Å². The van der Waals surface area contributed by atoms with Crippen LogP contribution in [-0.2, 0) is 10.6 Å². The van der Waals surface area contributed by atoms with Gasteiger partial charge in [-0.1, -0.05) is 12.1 Å². The average molecular weight is 448 g/mol. The van der Waals surface area contributed by atoms with Gasteiger partial charge in [0.25, 0.3) is 0 Å². The molecule has 2 rings (SSSR count). The molecule has 0 amide bonds.